The number of carbonyl (C=O) groups is 2. The van der Waals surface area contributed by atoms with Crippen molar-refractivity contribution in [3.05, 3.63) is 48.2 Å². The number of benzene rings is 1. The summed E-state index contributed by atoms with van der Waals surface area (Å²) in [5, 5.41) is 2.81. The molecule has 4 heterocycles. The molecule has 0 saturated carbocycles. The minimum absolute atomic E-state index is 0.0209. The summed E-state index contributed by atoms with van der Waals surface area (Å²) in [5.74, 6) is -2.54. The molecule has 1 aromatic carbocycles. The zero-order valence-electron chi connectivity index (χ0n) is 18.9. The average molecular weight is 473 g/mol. The van der Waals surface area contributed by atoms with Crippen LogP contribution in [0, 0.1) is 5.41 Å². The van der Waals surface area contributed by atoms with Crippen LogP contribution >= 0.6 is 0 Å². The zero-order valence-corrected chi connectivity index (χ0v) is 18.9. The number of piperidine rings is 1. The van der Waals surface area contributed by atoms with Gasteiger partial charge in [-0.3, -0.25) is 9.69 Å². The maximum absolute atomic E-state index is 13.2. The summed E-state index contributed by atoms with van der Waals surface area (Å²) in [6.45, 7) is 7.64. The van der Waals surface area contributed by atoms with Crippen molar-refractivity contribution in [3.8, 4) is 0 Å². The largest absolute Gasteiger partial charge is 0.471 e. The number of hydrogen-bond acceptors (Lipinski definition) is 4. The smallest absolute Gasteiger partial charge is 0.457 e. The second-order valence-electron chi connectivity index (χ2n) is 9.18. The lowest BCUT2D eigenvalue weighted by atomic mass is 9.66. The van der Waals surface area contributed by atoms with Gasteiger partial charge in [-0.2, -0.15) is 13.2 Å². The van der Waals surface area contributed by atoms with Gasteiger partial charge in [-0.25, -0.2) is 4.79 Å². The van der Waals surface area contributed by atoms with E-state index >= 15 is 0 Å². The Kier molecular flexibility index (Phi) is 5.35. The quantitative estimate of drug-likeness (QED) is 0.500. The number of halogens is 3. The van der Waals surface area contributed by atoms with Crippen LogP contribution in [-0.2, 0) is 20.7 Å². The molecular formula is C25H26F3N3O3. The lowest BCUT2D eigenvalue weighted by Gasteiger charge is -2.53. The van der Waals surface area contributed by atoms with Crippen LogP contribution in [0.3, 0.4) is 0 Å². The summed E-state index contributed by atoms with van der Waals surface area (Å²) >= 11 is 0. The normalized spacial score (nSPS) is 23.8. The highest BCUT2D eigenvalue weighted by Crippen LogP contribution is 2.57. The molecule has 180 valence electrons. The van der Waals surface area contributed by atoms with E-state index in [0.29, 0.717) is 11.2 Å². The van der Waals surface area contributed by atoms with E-state index in [4.69, 9.17) is 4.74 Å². The molecule has 34 heavy (non-hydrogen) atoms. The van der Waals surface area contributed by atoms with Crippen LogP contribution in [0.1, 0.15) is 43.5 Å². The van der Waals surface area contributed by atoms with Crippen molar-refractivity contribution >= 4 is 34.2 Å². The summed E-state index contributed by atoms with van der Waals surface area (Å²) in [4.78, 5) is 27.2. The Morgan fingerprint density at radius 1 is 1.32 bits per heavy atom. The minimum atomic E-state index is -5.00. The third-order valence-electron chi connectivity index (χ3n) is 7.40. The van der Waals surface area contributed by atoms with Crippen LogP contribution in [0.2, 0.25) is 0 Å². The van der Waals surface area contributed by atoms with Crippen LogP contribution in [0.5, 0.6) is 0 Å². The SMILES string of the molecule is C=CCOC(=O)C1=C[C@]2(CC)CCCN3CCc4c(n1c1cc(NC(=O)C(F)(F)F)ccc41)[C@@H]32. The number of aromatic nitrogens is 1. The van der Waals surface area contributed by atoms with E-state index in [0.717, 1.165) is 55.4 Å². The number of fused-ring (bicyclic) bond motifs is 3. The molecule has 0 bridgehead atoms. The molecule has 6 nitrogen and oxygen atoms in total. The molecule has 5 rings (SSSR count). The molecule has 1 saturated heterocycles. The number of nitrogens with one attached hydrogen (secondary N) is 1. The predicted octanol–water partition coefficient (Wildman–Crippen LogP) is 4.82. The summed E-state index contributed by atoms with van der Waals surface area (Å²) in [5.41, 5.74) is 2.86. The monoisotopic (exact) mass is 473 g/mol. The highest BCUT2D eigenvalue weighted by molar-refractivity contribution is 6.14. The van der Waals surface area contributed by atoms with E-state index in [9.17, 15) is 22.8 Å². The number of anilines is 1. The molecule has 0 radical (unpaired) electrons. The molecule has 1 amide bonds. The number of ether oxygens (including phenoxy) is 1. The van der Waals surface area contributed by atoms with Gasteiger partial charge in [-0.05, 0) is 56.0 Å². The van der Waals surface area contributed by atoms with Gasteiger partial charge < -0.3 is 14.6 Å². The van der Waals surface area contributed by atoms with Crippen LogP contribution in [-0.4, -0.2) is 47.2 Å². The first-order chi connectivity index (χ1) is 16.2. The number of esters is 1. The van der Waals surface area contributed by atoms with Crippen molar-refractivity contribution in [3.63, 3.8) is 0 Å². The lowest BCUT2D eigenvalue weighted by Crippen LogP contribution is -2.51. The summed E-state index contributed by atoms with van der Waals surface area (Å²) in [7, 11) is 0. The third kappa shape index (κ3) is 3.36. The van der Waals surface area contributed by atoms with Crippen molar-refractivity contribution in [1.82, 2.24) is 9.47 Å². The molecule has 1 aromatic heterocycles. The van der Waals surface area contributed by atoms with Gasteiger partial charge in [0.2, 0.25) is 0 Å². The fraction of sp³-hybridized carbons (Fsp3) is 0.440. The zero-order chi connectivity index (χ0) is 24.3. The van der Waals surface area contributed by atoms with E-state index < -0.39 is 18.1 Å². The van der Waals surface area contributed by atoms with Crippen molar-refractivity contribution in [2.24, 2.45) is 5.41 Å². The summed E-state index contributed by atoms with van der Waals surface area (Å²) in [6.07, 6.45) is 2.10. The second kappa shape index (κ2) is 8.01. The first-order valence-electron chi connectivity index (χ1n) is 11.5. The molecule has 0 aliphatic carbocycles. The van der Waals surface area contributed by atoms with E-state index in [1.165, 1.54) is 18.2 Å². The average Bonchev–Trinajstić information content (AvgIpc) is 3.14. The Hall–Kier alpha value is -3.07. The van der Waals surface area contributed by atoms with Gasteiger partial charge in [-0.1, -0.05) is 25.6 Å². The van der Waals surface area contributed by atoms with E-state index in [1.54, 1.807) is 6.07 Å². The van der Waals surface area contributed by atoms with Crippen LogP contribution in [0.15, 0.2) is 36.9 Å². The number of amides is 1. The highest BCUT2D eigenvalue weighted by Gasteiger charge is 2.51. The summed E-state index contributed by atoms with van der Waals surface area (Å²) in [6, 6.07) is 4.80. The fourth-order valence-corrected chi connectivity index (χ4v) is 5.96. The van der Waals surface area contributed by atoms with Gasteiger partial charge in [0, 0.05) is 28.7 Å². The first-order valence-corrected chi connectivity index (χ1v) is 11.5. The molecule has 0 unspecified atom stereocenters. The Labute approximate surface area is 195 Å². The number of alkyl halides is 3. The molecule has 9 heteroatoms. The Morgan fingerprint density at radius 3 is 2.82 bits per heavy atom. The van der Waals surface area contributed by atoms with Gasteiger partial charge in [0.25, 0.3) is 0 Å². The molecule has 2 aromatic rings. The van der Waals surface area contributed by atoms with Crippen LogP contribution < -0.4 is 5.32 Å². The first kappa shape index (κ1) is 22.7. The molecule has 2 atom stereocenters. The van der Waals surface area contributed by atoms with E-state index in [1.807, 2.05) is 16.0 Å². The van der Waals surface area contributed by atoms with Crippen molar-refractivity contribution in [1.29, 1.82) is 0 Å². The summed E-state index contributed by atoms with van der Waals surface area (Å²) < 4.78 is 45.8. The second-order valence-corrected chi connectivity index (χ2v) is 9.18. The van der Waals surface area contributed by atoms with Gasteiger partial charge in [0.1, 0.15) is 12.3 Å². The molecule has 3 aliphatic heterocycles. The molecule has 1 N–H and O–H groups in total. The number of rotatable bonds is 5. The van der Waals surface area contributed by atoms with E-state index in [2.05, 4.69) is 18.4 Å². The standard InChI is InChI=1S/C25H26F3N3O3/c1-3-12-34-22(32)19-14-24(4-2)9-5-10-30-11-8-17-16-7-6-15(29-23(33)25(26,27)28)13-18(16)31(19)20(17)21(24)30/h3,6-7,13-14,21H,1,4-5,8-12H2,2H3,(H,29,33)/t21-,24+/m1/s1. The van der Waals surface area contributed by atoms with Crippen LogP contribution in [0.25, 0.3) is 16.6 Å². The lowest BCUT2D eigenvalue weighted by molar-refractivity contribution is -0.167. The van der Waals surface area contributed by atoms with Gasteiger partial charge in [0.05, 0.1) is 11.6 Å². The molecule has 1 fully saturated rings. The van der Waals surface area contributed by atoms with Gasteiger partial charge in [-0.15, -0.1) is 0 Å². The predicted molar refractivity (Wildman–Crippen MR) is 122 cm³/mol. The highest BCUT2D eigenvalue weighted by atomic mass is 19.4. The Morgan fingerprint density at radius 2 is 2.12 bits per heavy atom. The third-order valence-corrected chi connectivity index (χ3v) is 7.40. The minimum Gasteiger partial charge on any atom is -0.457 e. The van der Waals surface area contributed by atoms with Crippen molar-refractivity contribution in [2.45, 2.75) is 44.8 Å². The topological polar surface area (TPSA) is 63.6 Å². The number of carbonyl (C=O) groups excluding carboxylic acids is 2. The fourth-order valence-electron chi connectivity index (χ4n) is 5.96. The Bertz CT molecular complexity index is 1230. The molecule has 0 spiro atoms. The maximum Gasteiger partial charge on any atom is 0.471 e. The van der Waals surface area contributed by atoms with Crippen molar-refractivity contribution in [2.75, 3.05) is 25.0 Å². The van der Waals surface area contributed by atoms with Gasteiger partial charge >= 0.3 is 18.1 Å². The van der Waals surface area contributed by atoms with Crippen LogP contribution in [0.4, 0.5) is 18.9 Å². The number of hydrogen-bond donors (Lipinski definition) is 1. The maximum atomic E-state index is 13.2. The van der Waals surface area contributed by atoms with Crippen molar-refractivity contribution < 1.29 is 27.5 Å². The molecular weight excluding hydrogens is 447 g/mol. The van der Waals surface area contributed by atoms with E-state index in [-0.39, 0.29) is 23.8 Å². The Balaban J connectivity index is 1.72. The number of nitrogens with zero attached hydrogens (tertiary/aromatic N) is 2. The van der Waals surface area contributed by atoms with Gasteiger partial charge in [0.15, 0.2) is 0 Å². The molecule has 3 aliphatic rings.